The number of fused-ring (bicyclic) bond motifs is 11. The van der Waals surface area contributed by atoms with Crippen molar-refractivity contribution in [3.8, 4) is 144 Å². The molecule has 540 valence electrons. The van der Waals surface area contributed by atoms with Gasteiger partial charge in [-0.2, -0.15) is 0 Å². The first-order valence-electron chi connectivity index (χ1n) is 32.2. The van der Waals surface area contributed by atoms with E-state index in [-0.39, 0.29) is 44.7 Å². The second kappa shape index (κ2) is 23.5. The van der Waals surface area contributed by atoms with Crippen LogP contribution in [0.5, 0.6) is 144 Å². The zero-order valence-electron chi connectivity index (χ0n) is 53.5. The van der Waals surface area contributed by atoms with Gasteiger partial charge in [0.25, 0.3) is 0 Å². The first-order chi connectivity index (χ1) is 49.9. The Labute approximate surface area is 588 Å². The molecule has 0 aliphatic carbocycles. The second-order valence-corrected chi connectivity index (χ2v) is 26.5. The highest BCUT2D eigenvalue weighted by molar-refractivity contribution is 5.76. The van der Waals surface area contributed by atoms with Gasteiger partial charge in [-0.3, -0.25) is 0 Å². The van der Waals surface area contributed by atoms with Crippen LogP contribution in [0.1, 0.15) is 126 Å². The smallest absolute Gasteiger partial charge is 0.305 e. The molecular weight excluding hydrogens is 1380 g/mol. The van der Waals surface area contributed by atoms with E-state index in [0.717, 1.165) is 103 Å². The number of hydrogen-bond acceptors (Lipinski definition) is 30. The quantitative estimate of drug-likeness (QED) is 0.0672. The highest BCUT2D eigenvalue weighted by Gasteiger charge is 2.63. The molecule has 10 aromatic carbocycles. The molecule has 0 amide bonds. The highest BCUT2D eigenvalue weighted by Crippen LogP contribution is 2.69. The minimum Gasteiger partial charge on any atom is -0.508 e. The number of phenols is 19. The molecule has 30 heteroatoms. The van der Waals surface area contributed by atoms with Crippen molar-refractivity contribution in [2.45, 2.75) is 90.8 Å². The topological polar surface area (TPSA) is 541 Å². The average Bonchev–Trinajstić information content (AvgIpc) is 0.692. The van der Waals surface area contributed by atoms with Crippen molar-refractivity contribution in [1.29, 1.82) is 0 Å². The van der Waals surface area contributed by atoms with Crippen molar-refractivity contribution in [1.82, 2.24) is 0 Å². The molecule has 0 radical (unpaired) electrons. The lowest BCUT2D eigenvalue weighted by Crippen LogP contribution is -2.58. The van der Waals surface area contributed by atoms with Crippen molar-refractivity contribution in [2.24, 2.45) is 0 Å². The third-order valence-corrected chi connectivity index (χ3v) is 20.5. The summed E-state index contributed by atoms with van der Waals surface area (Å²) < 4.78 is 40.0. The molecule has 0 spiro atoms. The van der Waals surface area contributed by atoms with Crippen LogP contribution in [-0.4, -0.2) is 153 Å². The van der Waals surface area contributed by atoms with Crippen LogP contribution in [0.2, 0.25) is 0 Å². The van der Waals surface area contributed by atoms with E-state index >= 15 is 0 Å². The Kier molecular flexibility index (Phi) is 14.9. The molecule has 30 nitrogen and oxygen atoms in total. The number of aliphatic hydroxyl groups is 5. The lowest BCUT2D eigenvalue weighted by Gasteiger charge is -2.52. The fourth-order valence-corrected chi connectivity index (χ4v) is 15.8. The lowest BCUT2D eigenvalue weighted by atomic mass is 9.69. The Morgan fingerprint density at radius 1 is 0.267 bits per heavy atom. The molecule has 10 aromatic rings. The molecule has 0 saturated heterocycles. The predicted molar refractivity (Wildman–Crippen MR) is 354 cm³/mol. The van der Waals surface area contributed by atoms with E-state index in [4.69, 9.17) is 28.4 Å². The maximum absolute atomic E-state index is 13.5. The third kappa shape index (κ3) is 9.89. The van der Waals surface area contributed by atoms with E-state index in [1.807, 2.05) is 0 Å². The summed E-state index contributed by atoms with van der Waals surface area (Å²) in [5.74, 6) is -28.7. The van der Waals surface area contributed by atoms with Crippen LogP contribution in [0.3, 0.4) is 0 Å². The van der Waals surface area contributed by atoms with Gasteiger partial charge in [0.15, 0.2) is 75.8 Å². The SMILES string of the molecule is Oc1cc(O)c2c(c1)OC(c1ccc(O)c(O)c1)C(O)C2c1c(O)cc(O)c2c1OC1(c3ccc(O)c(O)c3)Oc3cc(O)c4c(c3C2C1O)OC(c1ccc(O)c(O)c1)C(O)C4c1c(O)cc(O)c2c1OC(c1ccc(O)c(O)c1)C(O)C2c1c(O)cc(O)c2c1OC(c1ccc(O)c(O)c1)C(O)C2. The Balaban J connectivity index is 0.966. The Bertz CT molecular complexity index is 5350. The summed E-state index contributed by atoms with van der Waals surface area (Å²) in [7, 11) is 0. The fraction of sp³-hybridized carbons (Fsp3) is 0.200. The summed E-state index contributed by atoms with van der Waals surface area (Å²) in [6, 6.07) is 21.3. The molecular formula is C75H60O30. The standard InChI is InChI=1S/C75H60O30/c76-28-16-41(88)51-49(17-28)100-67(24-2-7-31(78)37(84)12-24)63(96)59(51)56-45(92)21-46(93)57-62-58-50(104-75(74(62)99,105-73(56)57)27-5-10-34(81)40(87)15-27)22-47(94)55-61(65(98)69(103-72(55)58)26-4-9-33(80)39(86)14-26)54-44(91)20-43(90)53-60(64(97)68(102-71(53)54)25-3-8-32(79)38(85)13-25)52-42(89)19-35(82)29-18-48(95)66(101-70(29)52)23-1-6-30(77)36(83)11-23/h1-17,19-22,48,59-69,74,76-99H,18H2. The van der Waals surface area contributed by atoms with E-state index in [0.29, 0.717) is 0 Å². The Morgan fingerprint density at radius 2 is 0.629 bits per heavy atom. The maximum atomic E-state index is 13.5. The number of ether oxygens (including phenoxy) is 6. The molecule has 0 fully saturated rings. The van der Waals surface area contributed by atoms with Crippen molar-refractivity contribution >= 4 is 0 Å². The fourth-order valence-electron chi connectivity index (χ4n) is 15.8. The molecule has 6 heterocycles. The molecule has 14 atom stereocenters. The van der Waals surface area contributed by atoms with Crippen LogP contribution in [-0.2, 0) is 12.2 Å². The normalized spacial score (nSPS) is 25.1. The van der Waals surface area contributed by atoms with E-state index < -0.39 is 268 Å². The van der Waals surface area contributed by atoms with E-state index in [9.17, 15) is 123 Å². The summed E-state index contributed by atoms with van der Waals surface area (Å²) in [5, 5.41) is 282. The van der Waals surface area contributed by atoms with Crippen molar-refractivity contribution in [3.05, 3.63) is 205 Å². The molecule has 6 aliphatic heterocycles. The Morgan fingerprint density at radius 3 is 1.10 bits per heavy atom. The van der Waals surface area contributed by atoms with Gasteiger partial charge >= 0.3 is 5.79 Å². The third-order valence-electron chi connectivity index (χ3n) is 20.5. The number of phenolic OH excluding ortho intramolecular Hbond substituents is 19. The van der Waals surface area contributed by atoms with E-state index in [1.165, 1.54) is 24.3 Å². The monoisotopic (exact) mass is 1440 g/mol. The summed E-state index contributed by atoms with van der Waals surface area (Å²) in [6.07, 6.45) is -17.8. The van der Waals surface area contributed by atoms with Gasteiger partial charge in [0, 0.05) is 98.5 Å². The molecule has 14 unspecified atom stereocenters. The van der Waals surface area contributed by atoms with Crippen LogP contribution < -0.4 is 28.4 Å². The van der Waals surface area contributed by atoms with Gasteiger partial charge in [0.1, 0.15) is 117 Å². The summed E-state index contributed by atoms with van der Waals surface area (Å²) in [4.78, 5) is 0. The summed E-state index contributed by atoms with van der Waals surface area (Å²) >= 11 is 0. The van der Waals surface area contributed by atoms with E-state index in [2.05, 4.69) is 0 Å². The molecule has 24 N–H and O–H groups in total. The van der Waals surface area contributed by atoms with Crippen LogP contribution >= 0.6 is 0 Å². The van der Waals surface area contributed by atoms with Crippen LogP contribution in [0.4, 0.5) is 0 Å². The Hall–Kier alpha value is -13.0. The second-order valence-electron chi connectivity index (χ2n) is 26.5. The minimum absolute atomic E-state index is 0.0372. The van der Waals surface area contributed by atoms with E-state index in [1.54, 1.807) is 0 Å². The predicted octanol–water partition coefficient (Wildman–Crippen LogP) is 7.14. The zero-order valence-corrected chi connectivity index (χ0v) is 53.5. The van der Waals surface area contributed by atoms with Gasteiger partial charge in [-0.1, -0.05) is 24.3 Å². The van der Waals surface area contributed by atoms with Gasteiger partial charge in [0.2, 0.25) is 0 Å². The molecule has 0 saturated carbocycles. The molecule has 6 aliphatic rings. The van der Waals surface area contributed by atoms with Gasteiger partial charge in [0.05, 0.1) is 29.8 Å². The molecule has 2 bridgehead atoms. The van der Waals surface area contributed by atoms with Crippen LogP contribution in [0.25, 0.3) is 0 Å². The summed E-state index contributed by atoms with van der Waals surface area (Å²) in [6.45, 7) is 0. The number of benzene rings is 10. The largest absolute Gasteiger partial charge is 0.508 e. The van der Waals surface area contributed by atoms with Gasteiger partial charge in [-0.25, -0.2) is 0 Å². The maximum Gasteiger partial charge on any atom is 0.305 e. The zero-order chi connectivity index (χ0) is 74.3. The number of hydrogen-bond donors (Lipinski definition) is 24. The van der Waals surface area contributed by atoms with Crippen LogP contribution in [0, 0.1) is 0 Å². The molecule has 0 aromatic heterocycles. The molecule has 16 rings (SSSR count). The van der Waals surface area contributed by atoms with Crippen molar-refractivity contribution in [2.75, 3.05) is 0 Å². The first-order valence-corrected chi connectivity index (χ1v) is 32.2. The lowest BCUT2D eigenvalue weighted by molar-refractivity contribution is -0.219. The van der Waals surface area contributed by atoms with Crippen molar-refractivity contribution in [3.63, 3.8) is 0 Å². The number of aliphatic hydroxyl groups excluding tert-OH is 5. The van der Waals surface area contributed by atoms with Gasteiger partial charge in [-0.05, 0) is 89.0 Å². The molecule has 105 heavy (non-hydrogen) atoms. The number of rotatable bonds is 8. The minimum atomic E-state index is -2.85. The number of aromatic hydroxyl groups is 19. The summed E-state index contributed by atoms with van der Waals surface area (Å²) in [5.41, 5.74) is -5.06. The first kappa shape index (κ1) is 66.5. The average molecular weight is 1440 g/mol. The van der Waals surface area contributed by atoms with Gasteiger partial charge in [-0.15, -0.1) is 0 Å². The van der Waals surface area contributed by atoms with Gasteiger partial charge < -0.3 is 151 Å². The van der Waals surface area contributed by atoms with Crippen molar-refractivity contribution < 1.29 is 151 Å². The highest BCUT2D eigenvalue weighted by atomic mass is 16.7. The van der Waals surface area contributed by atoms with Crippen LogP contribution in [0.15, 0.2) is 127 Å².